The zero-order valence-corrected chi connectivity index (χ0v) is 8.36. The molecule has 1 amide bonds. The number of carbonyl (C=O) groups excluding carboxylic acids is 1. The Kier molecular flexibility index (Phi) is 3.64. The minimum Gasteiger partial charge on any atom is -0.346 e. The first kappa shape index (κ1) is 9.92. The van der Waals surface area contributed by atoms with Crippen LogP contribution in [0.5, 0.6) is 0 Å². The Morgan fingerprint density at radius 2 is 2.62 bits per heavy atom. The van der Waals surface area contributed by atoms with E-state index in [1.807, 2.05) is 6.20 Å². The molecular weight excluding hydrogens is 184 g/mol. The molecule has 0 aromatic carbocycles. The van der Waals surface area contributed by atoms with Gasteiger partial charge in [0.2, 0.25) is 5.91 Å². The smallest absolute Gasteiger partial charge is 0.243 e. The molecule has 0 aliphatic rings. The van der Waals surface area contributed by atoms with E-state index in [4.69, 9.17) is 0 Å². The van der Waals surface area contributed by atoms with Gasteiger partial charge >= 0.3 is 0 Å². The highest BCUT2D eigenvalue weighted by molar-refractivity contribution is 7.11. The summed E-state index contributed by atoms with van der Waals surface area (Å²) in [5.41, 5.74) is 0. The van der Waals surface area contributed by atoms with Crippen LogP contribution in [0.1, 0.15) is 16.8 Å². The van der Waals surface area contributed by atoms with Crippen LogP contribution in [-0.4, -0.2) is 10.9 Å². The summed E-state index contributed by atoms with van der Waals surface area (Å²) < 4.78 is 0. The maximum atomic E-state index is 10.8. The SMILES string of the molecule is C=CC(=O)NCc1ncc(CC)s1. The van der Waals surface area contributed by atoms with Crippen LogP contribution in [0.25, 0.3) is 0 Å². The lowest BCUT2D eigenvalue weighted by Gasteiger charge is -1.96. The van der Waals surface area contributed by atoms with Gasteiger partial charge in [-0.1, -0.05) is 13.5 Å². The third-order valence-electron chi connectivity index (χ3n) is 1.55. The van der Waals surface area contributed by atoms with E-state index < -0.39 is 0 Å². The molecule has 0 spiro atoms. The van der Waals surface area contributed by atoms with Gasteiger partial charge in [0.05, 0.1) is 6.54 Å². The minimum absolute atomic E-state index is 0.159. The predicted octanol–water partition coefficient (Wildman–Crippen LogP) is 1.51. The molecule has 1 aromatic heterocycles. The molecule has 13 heavy (non-hydrogen) atoms. The van der Waals surface area contributed by atoms with Crippen molar-refractivity contribution in [3.05, 3.63) is 28.7 Å². The second-order valence-corrected chi connectivity index (χ2v) is 3.70. The Bertz CT molecular complexity index is 306. The van der Waals surface area contributed by atoms with Crippen molar-refractivity contribution in [2.45, 2.75) is 19.9 Å². The van der Waals surface area contributed by atoms with E-state index in [-0.39, 0.29) is 5.91 Å². The van der Waals surface area contributed by atoms with Gasteiger partial charge < -0.3 is 5.32 Å². The molecule has 1 rings (SSSR count). The molecule has 4 heteroatoms. The van der Waals surface area contributed by atoms with Gasteiger partial charge in [-0.05, 0) is 12.5 Å². The van der Waals surface area contributed by atoms with Gasteiger partial charge in [0.1, 0.15) is 5.01 Å². The maximum Gasteiger partial charge on any atom is 0.243 e. The van der Waals surface area contributed by atoms with Gasteiger partial charge in [0.15, 0.2) is 0 Å². The lowest BCUT2D eigenvalue weighted by atomic mass is 10.4. The molecule has 70 valence electrons. The number of carbonyl (C=O) groups is 1. The average Bonchev–Trinajstić information content (AvgIpc) is 2.61. The molecule has 1 heterocycles. The topological polar surface area (TPSA) is 42.0 Å². The molecule has 1 N–H and O–H groups in total. The van der Waals surface area contributed by atoms with Gasteiger partial charge in [-0.2, -0.15) is 0 Å². The Morgan fingerprint density at radius 1 is 1.85 bits per heavy atom. The number of hydrogen-bond acceptors (Lipinski definition) is 3. The van der Waals surface area contributed by atoms with E-state index in [9.17, 15) is 4.79 Å². The molecule has 0 aliphatic carbocycles. The zero-order chi connectivity index (χ0) is 9.68. The number of hydrogen-bond donors (Lipinski definition) is 1. The van der Waals surface area contributed by atoms with E-state index in [1.165, 1.54) is 11.0 Å². The Morgan fingerprint density at radius 3 is 3.15 bits per heavy atom. The Balaban J connectivity index is 2.45. The standard InChI is InChI=1S/C9H12N2OS/c1-3-7-5-11-9(13-7)6-10-8(12)4-2/h4-5H,2-3,6H2,1H3,(H,10,12). The van der Waals surface area contributed by atoms with Crippen molar-refractivity contribution in [1.82, 2.24) is 10.3 Å². The summed E-state index contributed by atoms with van der Waals surface area (Å²) in [6.07, 6.45) is 4.10. The van der Waals surface area contributed by atoms with E-state index in [2.05, 4.69) is 23.8 Å². The van der Waals surface area contributed by atoms with Crippen LogP contribution in [0, 0.1) is 0 Å². The van der Waals surface area contributed by atoms with Crippen molar-refractivity contribution in [2.75, 3.05) is 0 Å². The highest BCUT2D eigenvalue weighted by Crippen LogP contribution is 2.12. The average molecular weight is 196 g/mol. The summed E-state index contributed by atoms with van der Waals surface area (Å²) in [7, 11) is 0. The van der Waals surface area contributed by atoms with Crippen LogP contribution in [-0.2, 0) is 17.8 Å². The number of thiazole rings is 1. The van der Waals surface area contributed by atoms with Gasteiger partial charge in [0, 0.05) is 11.1 Å². The molecule has 0 atom stereocenters. The van der Waals surface area contributed by atoms with E-state index in [1.54, 1.807) is 11.3 Å². The summed E-state index contributed by atoms with van der Waals surface area (Å²) in [5, 5.41) is 3.61. The maximum absolute atomic E-state index is 10.8. The lowest BCUT2D eigenvalue weighted by Crippen LogP contribution is -2.19. The van der Waals surface area contributed by atoms with Crippen molar-refractivity contribution >= 4 is 17.2 Å². The van der Waals surface area contributed by atoms with E-state index >= 15 is 0 Å². The Labute approximate surface area is 81.5 Å². The second-order valence-electron chi connectivity index (χ2n) is 2.50. The van der Waals surface area contributed by atoms with Crippen LogP contribution in [0.4, 0.5) is 0 Å². The monoisotopic (exact) mass is 196 g/mol. The number of rotatable bonds is 4. The summed E-state index contributed by atoms with van der Waals surface area (Å²) in [4.78, 5) is 16.2. The van der Waals surface area contributed by atoms with Crippen LogP contribution < -0.4 is 5.32 Å². The largest absolute Gasteiger partial charge is 0.346 e. The molecule has 0 saturated heterocycles. The predicted molar refractivity (Wildman–Crippen MR) is 53.5 cm³/mol. The zero-order valence-electron chi connectivity index (χ0n) is 7.54. The van der Waals surface area contributed by atoms with Crippen molar-refractivity contribution < 1.29 is 4.79 Å². The molecule has 0 saturated carbocycles. The quantitative estimate of drug-likeness (QED) is 0.742. The van der Waals surface area contributed by atoms with E-state index in [0.29, 0.717) is 6.54 Å². The molecular formula is C9H12N2OS. The second kappa shape index (κ2) is 4.77. The molecule has 3 nitrogen and oxygen atoms in total. The number of amides is 1. The van der Waals surface area contributed by atoms with Crippen molar-refractivity contribution in [1.29, 1.82) is 0 Å². The molecule has 0 aliphatic heterocycles. The third kappa shape index (κ3) is 2.99. The first-order valence-corrected chi connectivity index (χ1v) is 4.91. The molecule has 1 aromatic rings. The molecule has 0 radical (unpaired) electrons. The molecule has 0 fully saturated rings. The van der Waals surface area contributed by atoms with Crippen LogP contribution in [0.2, 0.25) is 0 Å². The van der Waals surface area contributed by atoms with Crippen LogP contribution in [0.3, 0.4) is 0 Å². The van der Waals surface area contributed by atoms with Gasteiger partial charge in [-0.15, -0.1) is 11.3 Å². The lowest BCUT2D eigenvalue weighted by molar-refractivity contribution is -0.116. The van der Waals surface area contributed by atoms with Crippen molar-refractivity contribution in [3.8, 4) is 0 Å². The number of nitrogens with one attached hydrogen (secondary N) is 1. The fourth-order valence-electron chi connectivity index (χ4n) is 0.828. The highest BCUT2D eigenvalue weighted by atomic mass is 32.1. The normalized spacial score (nSPS) is 9.62. The fourth-order valence-corrected chi connectivity index (χ4v) is 1.63. The van der Waals surface area contributed by atoms with Crippen LogP contribution >= 0.6 is 11.3 Å². The molecule has 0 unspecified atom stereocenters. The fraction of sp³-hybridized carbons (Fsp3) is 0.333. The van der Waals surface area contributed by atoms with Gasteiger partial charge in [-0.3, -0.25) is 4.79 Å². The molecule has 0 bridgehead atoms. The number of nitrogens with zero attached hydrogens (tertiary/aromatic N) is 1. The van der Waals surface area contributed by atoms with Gasteiger partial charge in [0.25, 0.3) is 0 Å². The first-order valence-electron chi connectivity index (χ1n) is 4.10. The minimum atomic E-state index is -0.159. The number of aryl methyl sites for hydroxylation is 1. The number of aromatic nitrogens is 1. The summed E-state index contributed by atoms with van der Waals surface area (Å²) in [5.74, 6) is -0.159. The van der Waals surface area contributed by atoms with E-state index in [0.717, 1.165) is 11.4 Å². The summed E-state index contributed by atoms with van der Waals surface area (Å²) in [6, 6.07) is 0. The highest BCUT2D eigenvalue weighted by Gasteiger charge is 2.00. The van der Waals surface area contributed by atoms with Crippen molar-refractivity contribution in [2.24, 2.45) is 0 Å². The Hall–Kier alpha value is -1.16. The van der Waals surface area contributed by atoms with Gasteiger partial charge in [-0.25, -0.2) is 4.98 Å². The summed E-state index contributed by atoms with van der Waals surface area (Å²) >= 11 is 1.63. The van der Waals surface area contributed by atoms with Crippen molar-refractivity contribution in [3.63, 3.8) is 0 Å². The summed E-state index contributed by atoms with van der Waals surface area (Å²) in [6.45, 7) is 5.94. The first-order chi connectivity index (χ1) is 6.26. The third-order valence-corrected chi connectivity index (χ3v) is 2.69. The van der Waals surface area contributed by atoms with Crippen LogP contribution in [0.15, 0.2) is 18.9 Å².